The molecule has 132 valence electrons. The molecule has 0 radical (unpaired) electrons. The average molecular weight is 338 g/mol. The van der Waals surface area contributed by atoms with Crippen molar-refractivity contribution in [3.8, 4) is 0 Å². The van der Waals surface area contributed by atoms with Gasteiger partial charge in [0.15, 0.2) is 0 Å². The number of amides is 1. The van der Waals surface area contributed by atoms with E-state index in [4.69, 9.17) is 0 Å². The zero-order chi connectivity index (χ0) is 17.4. The first kappa shape index (κ1) is 16.2. The lowest BCUT2D eigenvalue weighted by molar-refractivity contribution is 0.0741. The summed E-state index contributed by atoms with van der Waals surface area (Å²) in [6, 6.07) is 6.58. The summed E-state index contributed by atoms with van der Waals surface area (Å²) in [7, 11) is 0. The lowest BCUT2D eigenvalue weighted by Gasteiger charge is -2.36. The molecular weight excluding hydrogens is 312 g/mol. The van der Waals surface area contributed by atoms with E-state index in [1.165, 1.54) is 29.7 Å². The molecule has 4 rings (SSSR count). The van der Waals surface area contributed by atoms with Crippen molar-refractivity contribution in [1.29, 1.82) is 0 Å². The highest BCUT2D eigenvalue weighted by Crippen LogP contribution is 2.23. The Balaban J connectivity index is 1.44. The summed E-state index contributed by atoms with van der Waals surface area (Å²) < 4.78 is 2.16. The van der Waals surface area contributed by atoms with Crippen molar-refractivity contribution in [2.75, 3.05) is 31.1 Å². The van der Waals surface area contributed by atoms with Crippen LogP contribution in [0.15, 0.2) is 24.4 Å². The first-order valence-electron chi connectivity index (χ1n) is 9.29. The average Bonchev–Trinajstić information content (AvgIpc) is 3.07. The Bertz CT molecular complexity index is 763. The summed E-state index contributed by atoms with van der Waals surface area (Å²) in [5.74, 6) is 1.16. The highest BCUT2D eigenvalue weighted by Gasteiger charge is 2.25. The molecule has 0 spiro atoms. The number of aromatic nitrogens is 2. The van der Waals surface area contributed by atoms with Gasteiger partial charge in [-0.25, -0.2) is 4.98 Å². The van der Waals surface area contributed by atoms with E-state index in [-0.39, 0.29) is 5.91 Å². The molecule has 0 bridgehead atoms. The van der Waals surface area contributed by atoms with E-state index >= 15 is 0 Å². The summed E-state index contributed by atoms with van der Waals surface area (Å²) in [6.07, 6.45) is 5.31. The fourth-order valence-electron chi connectivity index (χ4n) is 3.89. The molecule has 25 heavy (non-hydrogen) atoms. The second-order valence-corrected chi connectivity index (χ2v) is 7.26. The van der Waals surface area contributed by atoms with E-state index in [2.05, 4.69) is 46.5 Å². The van der Waals surface area contributed by atoms with E-state index in [0.717, 1.165) is 45.0 Å². The number of piperazine rings is 1. The van der Waals surface area contributed by atoms with Crippen LogP contribution in [0.3, 0.4) is 0 Å². The summed E-state index contributed by atoms with van der Waals surface area (Å²) in [5, 5.41) is 0. The highest BCUT2D eigenvalue weighted by atomic mass is 16.2. The summed E-state index contributed by atoms with van der Waals surface area (Å²) in [5.41, 5.74) is 4.50. The maximum absolute atomic E-state index is 12.8. The third-order valence-electron chi connectivity index (χ3n) is 5.40. The maximum atomic E-state index is 12.8. The van der Waals surface area contributed by atoms with E-state index in [1.54, 1.807) is 0 Å². The molecule has 3 heterocycles. The second-order valence-electron chi connectivity index (χ2n) is 7.26. The molecular formula is C20H26N4O. The molecule has 0 atom stereocenters. The van der Waals surface area contributed by atoms with Crippen LogP contribution >= 0.6 is 0 Å². The van der Waals surface area contributed by atoms with E-state index in [1.807, 2.05) is 11.1 Å². The summed E-state index contributed by atoms with van der Waals surface area (Å²) in [4.78, 5) is 21.7. The monoisotopic (exact) mass is 338 g/mol. The Morgan fingerprint density at radius 3 is 2.60 bits per heavy atom. The van der Waals surface area contributed by atoms with Gasteiger partial charge in [-0.1, -0.05) is 12.1 Å². The van der Waals surface area contributed by atoms with E-state index < -0.39 is 0 Å². The number of benzene rings is 1. The topological polar surface area (TPSA) is 41.4 Å². The van der Waals surface area contributed by atoms with Crippen LogP contribution in [0.25, 0.3) is 0 Å². The number of rotatable bonds is 2. The zero-order valence-corrected chi connectivity index (χ0v) is 15.2. The van der Waals surface area contributed by atoms with E-state index in [9.17, 15) is 4.79 Å². The van der Waals surface area contributed by atoms with Crippen LogP contribution in [-0.4, -0.2) is 46.5 Å². The minimum absolute atomic E-state index is 0.0857. The van der Waals surface area contributed by atoms with Crippen molar-refractivity contribution in [2.45, 2.75) is 39.7 Å². The lowest BCUT2D eigenvalue weighted by atomic mass is 10.1. The molecule has 2 aliphatic rings. The summed E-state index contributed by atoms with van der Waals surface area (Å²) >= 11 is 0. The molecule has 0 unspecified atom stereocenters. The first-order valence-corrected chi connectivity index (χ1v) is 9.29. The predicted molar refractivity (Wildman–Crippen MR) is 99.2 cm³/mol. The molecule has 0 aliphatic carbocycles. The largest absolute Gasteiger partial charge is 0.368 e. The Morgan fingerprint density at radius 2 is 1.84 bits per heavy atom. The molecule has 1 fully saturated rings. The number of imidazole rings is 1. The van der Waals surface area contributed by atoms with E-state index in [0.29, 0.717) is 5.69 Å². The number of nitrogens with zero attached hydrogens (tertiary/aromatic N) is 4. The molecule has 1 aromatic carbocycles. The quantitative estimate of drug-likeness (QED) is 0.845. The number of carbonyl (C=O) groups excluding carboxylic acids is 1. The molecule has 5 nitrogen and oxygen atoms in total. The molecule has 5 heteroatoms. The van der Waals surface area contributed by atoms with Gasteiger partial charge >= 0.3 is 0 Å². The van der Waals surface area contributed by atoms with Gasteiger partial charge in [0, 0.05) is 51.0 Å². The first-order chi connectivity index (χ1) is 12.1. The van der Waals surface area contributed by atoms with Gasteiger partial charge in [0.05, 0.1) is 0 Å². The molecule has 2 aliphatic heterocycles. The fourth-order valence-corrected chi connectivity index (χ4v) is 3.89. The van der Waals surface area contributed by atoms with Crippen molar-refractivity contribution in [1.82, 2.24) is 14.5 Å². The third kappa shape index (κ3) is 3.15. The second kappa shape index (κ2) is 6.54. The Kier molecular flexibility index (Phi) is 4.24. The SMILES string of the molecule is Cc1ccc(C)c(N2CCN(C(=O)c3cn4c(n3)CCCC4)CC2)c1. The van der Waals surface area contributed by atoms with Crippen LogP contribution < -0.4 is 4.90 Å². The Morgan fingerprint density at radius 1 is 1.04 bits per heavy atom. The van der Waals surface area contributed by atoms with Gasteiger partial charge in [0.1, 0.15) is 11.5 Å². The standard InChI is InChI=1S/C20H26N4O/c1-15-6-7-16(2)18(13-15)22-9-11-23(12-10-22)20(25)17-14-24-8-4-3-5-19(24)21-17/h6-7,13-14H,3-5,8-12H2,1-2H3. The van der Waals surface area contributed by atoms with Crippen molar-refractivity contribution >= 4 is 11.6 Å². The highest BCUT2D eigenvalue weighted by molar-refractivity contribution is 5.92. The lowest BCUT2D eigenvalue weighted by Crippen LogP contribution is -2.49. The van der Waals surface area contributed by atoms with Gasteiger partial charge in [-0.05, 0) is 43.9 Å². The Labute approximate surface area is 149 Å². The van der Waals surface area contributed by atoms with Gasteiger partial charge in [-0.2, -0.15) is 0 Å². The smallest absolute Gasteiger partial charge is 0.274 e. The summed E-state index contributed by atoms with van der Waals surface area (Å²) in [6.45, 7) is 8.55. The molecule has 1 aromatic heterocycles. The number of hydrogen-bond donors (Lipinski definition) is 0. The number of aryl methyl sites for hydroxylation is 4. The molecule has 1 saturated heterocycles. The Hall–Kier alpha value is -2.30. The van der Waals surface area contributed by atoms with Crippen molar-refractivity contribution < 1.29 is 4.79 Å². The number of anilines is 1. The number of hydrogen-bond acceptors (Lipinski definition) is 3. The number of carbonyl (C=O) groups is 1. The van der Waals surface area contributed by atoms with Gasteiger partial charge in [0.2, 0.25) is 0 Å². The van der Waals surface area contributed by atoms with Gasteiger partial charge in [0.25, 0.3) is 5.91 Å². The van der Waals surface area contributed by atoms with Crippen molar-refractivity contribution in [3.05, 3.63) is 47.0 Å². The molecule has 2 aromatic rings. The van der Waals surface area contributed by atoms with Crippen molar-refractivity contribution in [3.63, 3.8) is 0 Å². The van der Waals surface area contributed by atoms with Crippen LogP contribution in [0.4, 0.5) is 5.69 Å². The molecule has 0 N–H and O–H groups in total. The minimum atomic E-state index is 0.0857. The maximum Gasteiger partial charge on any atom is 0.274 e. The fraction of sp³-hybridized carbons (Fsp3) is 0.500. The zero-order valence-electron chi connectivity index (χ0n) is 15.2. The molecule has 0 saturated carbocycles. The predicted octanol–water partition coefficient (Wildman–Crippen LogP) is 2.80. The van der Waals surface area contributed by atoms with Crippen LogP contribution in [0, 0.1) is 13.8 Å². The van der Waals surface area contributed by atoms with Crippen molar-refractivity contribution in [2.24, 2.45) is 0 Å². The normalized spacial score (nSPS) is 17.5. The minimum Gasteiger partial charge on any atom is -0.368 e. The van der Waals surface area contributed by atoms with Gasteiger partial charge in [-0.3, -0.25) is 4.79 Å². The molecule has 1 amide bonds. The van der Waals surface area contributed by atoms with Gasteiger partial charge < -0.3 is 14.4 Å². The van der Waals surface area contributed by atoms with Crippen LogP contribution in [0.2, 0.25) is 0 Å². The van der Waals surface area contributed by atoms with Crippen LogP contribution in [-0.2, 0) is 13.0 Å². The van der Waals surface area contributed by atoms with Crippen LogP contribution in [0.1, 0.15) is 40.3 Å². The van der Waals surface area contributed by atoms with Crippen LogP contribution in [0.5, 0.6) is 0 Å². The number of fused-ring (bicyclic) bond motifs is 1. The van der Waals surface area contributed by atoms with Gasteiger partial charge in [-0.15, -0.1) is 0 Å². The third-order valence-corrected chi connectivity index (χ3v) is 5.40.